The predicted molar refractivity (Wildman–Crippen MR) is 112 cm³/mol. The number of anilines is 1. The molecule has 1 N–H and O–H groups in total. The first kappa shape index (κ1) is 20.4. The van der Waals surface area contributed by atoms with Gasteiger partial charge in [0, 0.05) is 24.3 Å². The molecule has 0 spiro atoms. The van der Waals surface area contributed by atoms with Gasteiger partial charge in [-0.1, -0.05) is 25.0 Å². The van der Waals surface area contributed by atoms with Crippen LogP contribution < -0.4 is 4.72 Å². The molecule has 6 heteroatoms. The summed E-state index contributed by atoms with van der Waals surface area (Å²) in [4.78, 5) is 14.8. The second-order valence-electron chi connectivity index (χ2n) is 7.74. The van der Waals surface area contributed by atoms with Crippen LogP contribution >= 0.6 is 0 Å². The van der Waals surface area contributed by atoms with Gasteiger partial charge in [-0.2, -0.15) is 0 Å². The highest BCUT2D eigenvalue weighted by Crippen LogP contribution is 2.26. The monoisotopic (exact) mass is 400 g/mol. The van der Waals surface area contributed by atoms with Crippen molar-refractivity contribution in [1.29, 1.82) is 0 Å². The Hall–Kier alpha value is -2.34. The molecule has 0 saturated heterocycles. The van der Waals surface area contributed by atoms with Gasteiger partial charge in [-0.25, -0.2) is 8.42 Å². The van der Waals surface area contributed by atoms with Gasteiger partial charge < -0.3 is 4.90 Å². The van der Waals surface area contributed by atoms with E-state index >= 15 is 0 Å². The standard InChI is InChI=1S/C22H28N2O3S/c1-15-10-12-19(13-17(15)3)23-28(26,27)21-14-18(11-9-16(21)2)22(25)24(4)20-7-5-6-8-20/h9-14,20,23H,5-8H2,1-4H3. The van der Waals surface area contributed by atoms with E-state index in [1.807, 2.05) is 26.0 Å². The third kappa shape index (κ3) is 4.22. The molecule has 2 aromatic carbocycles. The maximum absolute atomic E-state index is 13.0. The largest absolute Gasteiger partial charge is 0.339 e. The van der Waals surface area contributed by atoms with E-state index in [0.717, 1.165) is 36.8 Å². The fourth-order valence-corrected chi connectivity index (χ4v) is 5.02. The quantitative estimate of drug-likeness (QED) is 0.807. The number of amides is 1. The second-order valence-corrected chi connectivity index (χ2v) is 9.39. The fraction of sp³-hybridized carbons (Fsp3) is 0.409. The minimum atomic E-state index is -3.80. The van der Waals surface area contributed by atoms with E-state index in [-0.39, 0.29) is 16.8 Å². The van der Waals surface area contributed by atoms with Crippen LogP contribution in [0, 0.1) is 20.8 Å². The summed E-state index contributed by atoms with van der Waals surface area (Å²) in [6, 6.07) is 10.6. The van der Waals surface area contributed by atoms with Crippen LogP contribution in [0.4, 0.5) is 5.69 Å². The van der Waals surface area contributed by atoms with Gasteiger partial charge in [0.2, 0.25) is 0 Å². The number of nitrogens with zero attached hydrogens (tertiary/aromatic N) is 1. The number of hydrogen-bond acceptors (Lipinski definition) is 3. The van der Waals surface area contributed by atoms with Crippen molar-refractivity contribution >= 4 is 21.6 Å². The summed E-state index contributed by atoms with van der Waals surface area (Å²) in [5.41, 5.74) is 3.64. The van der Waals surface area contributed by atoms with Crippen LogP contribution in [0.2, 0.25) is 0 Å². The molecule has 150 valence electrons. The fourth-order valence-electron chi connectivity index (χ4n) is 3.70. The maximum atomic E-state index is 13.0. The lowest BCUT2D eigenvalue weighted by Crippen LogP contribution is -2.35. The molecular weight excluding hydrogens is 372 g/mol. The summed E-state index contributed by atoms with van der Waals surface area (Å²) in [5, 5.41) is 0. The highest BCUT2D eigenvalue weighted by molar-refractivity contribution is 7.92. The van der Waals surface area contributed by atoms with Gasteiger partial charge in [0.15, 0.2) is 0 Å². The number of nitrogens with one attached hydrogen (secondary N) is 1. The Bertz CT molecular complexity index is 993. The zero-order valence-electron chi connectivity index (χ0n) is 17.0. The lowest BCUT2D eigenvalue weighted by molar-refractivity contribution is 0.0735. The molecule has 1 saturated carbocycles. The zero-order valence-corrected chi connectivity index (χ0v) is 17.8. The second kappa shape index (κ2) is 7.95. The number of benzene rings is 2. The average molecular weight is 401 g/mol. The van der Waals surface area contributed by atoms with Crippen molar-refractivity contribution in [3.63, 3.8) is 0 Å². The van der Waals surface area contributed by atoms with Crippen LogP contribution in [-0.4, -0.2) is 32.3 Å². The Labute approximate surface area is 167 Å². The number of hydrogen-bond donors (Lipinski definition) is 1. The van der Waals surface area contributed by atoms with Crippen molar-refractivity contribution in [3.05, 3.63) is 58.7 Å². The highest BCUT2D eigenvalue weighted by Gasteiger charge is 2.26. The lowest BCUT2D eigenvalue weighted by Gasteiger charge is -2.24. The predicted octanol–water partition coefficient (Wildman–Crippen LogP) is 4.43. The van der Waals surface area contributed by atoms with E-state index in [4.69, 9.17) is 0 Å². The Kier molecular flexibility index (Phi) is 5.79. The summed E-state index contributed by atoms with van der Waals surface area (Å²) in [5.74, 6) is -0.130. The number of sulfonamides is 1. The summed E-state index contributed by atoms with van der Waals surface area (Å²) in [6.45, 7) is 5.66. The normalized spacial score (nSPS) is 14.9. The molecule has 0 atom stereocenters. The van der Waals surface area contributed by atoms with Crippen molar-refractivity contribution < 1.29 is 13.2 Å². The summed E-state index contributed by atoms with van der Waals surface area (Å²) in [6.07, 6.45) is 4.28. The first-order chi connectivity index (χ1) is 13.2. The summed E-state index contributed by atoms with van der Waals surface area (Å²) >= 11 is 0. The summed E-state index contributed by atoms with van der Waals surface area (Å²) in [7, 11) is -1.99. The number of carbonyl (C=O) groups excluding carboxylic acids is 1. The molecule has 3 rings (SSSR count). The number of carbonyl (C=O) groups is 1. The number of rotatable bonds is 5. The van der Waals surface area contributed by atoms with Crippen LogP contribution in [0.25, 0.3) is 0 Å². The molecule has 1 fully saturated rings. The average Bonchev–Trinajstić information content (AvgIpc) is 3.18. The van der Waals surface area contributed by atoms with Gasteiger partial charge in [-0.3, -0.25) is 9.52 Å². The minimum Gasteiger partial charge on any atom is -0.339 e. The van der Waals surface area contributed by atoms with Crippen LogP contribution in [-0.2, 0) is 10.0 Å². The third-order valence-electron chi connectivity index (χ3n) is 5.68. The molecule has 0 aliphatic heterocycles. The SMILES string of the molecule is Cc1ccc(NS(=O)(=O)c2cc(C(=O)N(C)C3CCCC3)ccc2C)cc1C. The molecule has 0 radical (unpaired) electrons. The van der Waals surface area contributed by atoms with E-state index in [1.165, 1.54) is 6.07 Å². The van der Waals surface area contributed by atoms with Gasteiger partial charge in [-0.05, 0) is 74.6 Å². The Morgan fingerprint density at radius 3 is 2.25 bits per heavy atom. The van der Waals surface area contributed by atoms with Crippen LogP contribution in [0.15, 0.2) is 41.3 Å². The Morgan fingerprint density at radius 1 is 0.964 bits per heavy atom. The molecule has 2 aromatic rings. The molecule has 1 aliphatic carbocycles. The van der Waals surface area contributed by atoms with Crippen LogP contribution in [0.5, 0.6) is 0 Å². The summed E-state index contributed by atoms with van der Waals surface area (Å²) < 4.78 is 28.6. The van der Waals surface area contributed by atoms with E-state index in [1.54, 1.807) is 37.1 Å². The van der Waals surface area contributed by atoms with E-state index in [9.17, 15) is 13.2 Å². The van der Waals surface area contributed by atoms with Crippen LogP contribution in [0.1, 0.15) is 52.7 Å². The molecule has 0 unspecified atom stereocenters. The van der Waals surface area contributed by atoms with Crippen molar-refractivity contribution in [3.8, 4) is 0 Å². The molecule has 28 heavy (non-hydrogen) atoms. The van der Waals surface area contributed by atoms with Gasteiger partial charge in [0.1, 0.15) is 0 Å². The van der Waals surface area contributed by atoms with Crippen molar-refractivity contribution in [2.24, 2.45) is 0 Å². The Balaban J connectivity index is 1.89. The zero-order chi connectivity index (χ0) is 20.5. The van der Waals surface area contributed by atoms with E-state index in [2.05, 4.69) is 4.72 Å². The van der Waals surface area contributed by atoms with Gasteiger partial charge >= 0.3 is 0 Å². The van der Waals surface area contributed by atoms with E-state index < -0.39 is 10.0 Å². The molecule has 1 aliphatic rings. The van der Waals surface area contributed by atoms with E-state index in [0.29, 0.717) is 16.8 Å². The molecule has 0 aromatic heterocycles. The molecular formula is C22H28N2O3S. The van der Waals surface area contributed by atoms with Gasteiger partial charge in [0.05, 0.1) is 4.90 Å². The van der Waals surface area contributed by atoms with Crippen molar-refractivity contribution in [2.45, 2.75) is 57.4 Å². The van der Waals surface area contributed by atoms with Crippen molar-refractivity contribution in [1.82, 2.24) is 4.90 Å². The molecule has 0 bridgehead atoms. The topological polar surface area (TPSA) is 66.5 Å². The first-order valence-corrected chi connectivity index (χ1v) is 11.2. The number of aryl methyl sites for hydroxylation is 3. The molecule has 0 heterocycles. The van der Waals surface area contributed by atoms with Gasteiger partial charge in [-0.15, -0.1) is 0 Å². The highest BCUT2D eigenvalue weighted by atomic mass is 32.2. The first-order valence-electron chi connectivity index (χ1n) is 9.67. The minimum absolute atomic E-state index is 0.130. The Morgan fingerprint density at radius 2 is 1.61 bits per heavy atom. The molecule has 5 nitrogen and oxygen atoms in total. The van der Waals surface area contributed by atoms with Crippen LogP contribution in [0.3, 0.4) is 0 Å². The maximum Gasteiger partial charge on any atom is 0.262 e. The molecule has 1 amide bonds. The lowest BCUT2D eigenvalue weighted by atomic mass is 10.1. The van der Waals surface area contributed by atoms with Gasteiger partial charge in [0.25, 0.3) is 15.9 Å². The van der Waals surface area contributed by atoms with Crippen molar-refractivity contribution in [2.75, 3.05) is 11.8 Å². The third-order valence-corrected chi connectivity index (χ3v) is 7.20. The smallest absolute Gasteiger partial charge is 0.262 e.